The number of carbonyl (C=O) groups excluding carboxylic acids is 1. The van der Waals surface area contributed by atoms with Crippen molar-refractivity contribution in [1.82, 2.24) is 0 Å². The van der Waals surface area contributed by atoms with Crippen molar-refractivity contribution in [2.45, 2.75) is 39.7 Å². The Hall–Kier alpha value is -0.353. The van der Waals surface area contributed by atoms with E-state index in [1.165, 1.54) is 6.92 Å². The highest BCUT2D eigenvalue weighted by Gasteiger charge is 2.15. The zero-order valence-corrected chi connectivity index (χ0v) is 9.05. The van der Waals surface area contributed by atoms with Gasteiger partial charge in [-0.05, 0) is 6.42 Å². The van der Waals surface area contributed by atoms with Crippen LogP contribution < -0.4 is 0 Å². The van der Waals surface area contributed by atoms with Crippen LogP contribution in [0.1, 0.15) is 33.6 Å². The average Bonchev–Trinajstić information content (AvgIpc) is 2.02. The van der Waals surface area contributed by atoms with E-state index in [-0.39, 0.29) is 5.97 Å². The molecule has 4 heteroatoms. The van der Waals surface area contributed by atoms with E-state index in [1.54, 1.807) is 0 Å². The second-order valence-electron chi connectivity index (χ2n) is 2.52. The van der Waals surface area contributed by atoms with Gasteiger partial charge in [0.2, 0.25) is 0 Å². The molecule has 0 saturated carbocycles. The molecule has 71 valence electrons. The van der Waals surface area contributed by atoms with Crippen molar-refractivity contribution in [1.29, 1.82) is 0 Å². The third kappa shape index (κ3) is 6.36. The van der Waals surface area contributed by atoms with E-state index in [1.807, 2.05) is 6.92 Å². The third-order valence-electron chi connectivity index (χ3n) is 1.31. The summed E-state index contributed by atoms with van der Waals surface area (Å²) in [5, 5.41) is 0. The van der Waals surface area contributed by atoms with Gasteiger partial charge in [-0.3, -0.25) is 4.79 Å². The number of rotatable bonds is 6. The van der Waals surface area contributed by atoms with Crippen LogP contribution in [0, 0.1) is 0 Å². The Morgan fingerprint density at radius 1 is 1.42 bits per heavy atom. The lowest BCUT2D eigenvalue weighted by molar-refractivity contribution is -0.133. The minimum absolute atomic E-state index is 0.234. The largest absolute Gasteiger partial charge is 0.492 e. The molecule has 0 heterocycles. The molecule has 0 saturated heterocycles. The van der Waals surface area contributed by atoms with Gasteiger partial charge in [-0.25, -0.2) is 0 Å². The zero-order chi connectivity index (χ0) is 9.40. The molecule has 12 heavy (non-hydrogen) atoms. The van der Waals surface area contributed by atoms with Gasteiger partial charge in [0.1, 0.15) is 0 Å². The van der Waals surface area contributed by atoms with E-state index in [9.17, 15) is 4.79 Å². The van der Waals surface area contributed by atoms with Gasteiger partial charge in [0, 0.05) is 19.6 Å². The summed E-state index contributed by atoms with van der Waals surface area (Å²) in [4.78, 5) is 10.6. The molecule has 0 N–H and O–H groups in total. The van der Waals surface area contributed by atoms with Crippen molar-refractivity contribution in [2.75, 3.05) is 6.61 Å². The quantitative estimate of drug-likeness (QED) is 0.472. The lowest BCUT2D eigenvalue weighted by Gasteiger charge is -2.11. The second-order valence-corrected chi connectivity index (χ2v) is 4.47. The van der Waals surface area contributed by atoms with Crippen molar-refractivity contribution in [3.63, 3.8) is 0 Å². The Bertz CT molecular complexity index is 127. The minimum Gasteiger partial charge on any atom is -0.492 e. The highest BCUT2D eigenvalue weighted by Crippen LogP contribution is 1.99. The van der Waals surface area contributed by atoms with E-state index in [0.29, 0.717) is 6.61 Å². The standard InChI is InChI=1S/C8H17O3Si/c1-4-6-7-10-12(5-2)11-8(3)9/h4-7H2,1-3H3. The molecule has 0 spiro atoms. The van der Waals surface area contributed by atoms with E-state index < -0.39 is 9.28 Å². The molecule has 0 bridgehead atoms. The van der Waals surface area contributed by atoms with Gasteiger partial charge >= 0.3 is 9.28 Å². The SMILES string of the molecule is CCCCO[Si](CC)OC(C)=O. The molecule has 0 amide bonds. The fourth-order valence-electron chi connectivity index (χ4n) is 0.694. The lowest BCUT2D eigenvalue weighted by atomic mass is 10.4. The maximum absolute atomic E-state index is 10.6. The van der Waals surface area contributed by atoms with Crippen molar-refractivity contribution in [3.8, 4) is 0 Å². The van der Waals surface area contributed by atoms with Crippen LogP contribution in [0.25, 0.3) is 0 Å². The van der Waals surface area contributed by atoms with Gasteiger partial charge in [-0.2, -0.15) is 0 Å². The molecule has 0 atom stereocenters. The van der Waals surface area contributed by atoms with E-state index in [4.69, 9.17) is 8.85 Å². The van der Waals surface area contributed by atoms with Crippen molar-refractivity contribution in [3.05, 3.63) is 0 Å². The molecule has 0 aromatic carbocycles. The van der Waals surface area contributed by atoms with Gasteiger partial charge in [0.25, 0.3) is 5.97 Å². The molecule has 0 aliphatic carbocycles. The van der Waals surface area contributed by atoms with Gasteiger partial charge in [-0.15, -0.1) is 0 Å². The summed E-state index contributed by atoms with van der Waals surface area (Å²) in [6.45, 7) is 6.21. The molecule has 1 radical (unpaired) electrons. The summed E-state index contributed by atoms with van der Waals surface area (Å²) in [6.07, 6.45) is 2.15. The van der Waals surface area contributed by atoms with Gasteiger partial charge in [0.15, 0.2) is 0 Å². The molecule has 3 nitrogen and oxygen atoms in total. The lowest BCUT2D eigenvalue weighted by Crippen LogP contribution is -2.24. The minimum atomic E-state index is -1.31. The monoisotopic (exact) mass is 189 g/mol. The fourth-order valence-corrected chi connectivity index (χ4v) is 1.79. The number of unbranched alkanes of at least 4 members (excludes halogenated alkanes) is 1. The first kappa shape index (κ1) is 11.6. The van der Waals surface area contributed by atoms with Crippen LogP contribution in [0.5, 0.6) is 0 Å². The van der Waals surface area contributed by atoms with Crippen molar-refractivity contribution >= 4 is 15.3 Å². The van der Waals surface area contributed by atoms with E-state index in [2.05, 4.69) is 6.92 Å². The summed E-state index contributed by atoms with van der Waals surface area (Å²) in [6, 6.07) is 0.813. The molecule has 0 aliphatic rings. The Kier molecular flexibility index (Phi) is 7.09. The highest BCUT2D eigenvalue weighted by atomic mass is 28.3. The Morgan fingerprint density at radius 2 is 2.08 bits per heavy atom. The predicted molar refractivity (Wildman–Crippen MR) is 48.9 cm³/mol. The van der Waals surface area contributed by atoms with Crippen LogP contribution in [-0.2, 0) is 13.6 Å². The zero-order valence-electron chi connectivity index (χ0n) is 8.05. The number of carbonyl (C=O) groups is 1. The summed E-state index contributed by atoms with van der Waals surface area (Å²) in [5.41, 5.74) is 0. The summed E-state index contributed by atoms with van der Waals surface area (Å²) >= 11 is 0. The first-order valence-electron chi connectivity index (χ1n) is 4.37. The van der Waals surface area contributed by atoms with Gasteiger partial charge < -0.3 is 8.85 Å². The van der Waals surface area contributed by atoms with Crippen molar-refractivity contribution < 1.29 is 13.6 Å². The Labute approximate surface area is 75.9 Å². The number of hydrogen-bond donors (Lipinski definition) is 0. The fraction of sp³-hybridized carbons (Fsp3) is 0.875. The van der Waals surface area contributed by atoms with Crippen LogP contribution in [0.4, 0.5) is 0 Å². The van der Waals surface area contributed by atoms with Crippen LogP contribution in [-0.4, -0.2) is 21.9 Å². The molecular formula is C8H17O3Si. The molecule has 0 rings (SSSR count). The predicted octanol–water partition coefficient (Wildman–Crippen LogP) is 1.87. The van der Waals surface area contributed by atoms with Crippen LogP contribution >= 0.6 is 0 Å². The van der Waals surface area contributed by atoms with Crippen LogP contribution in [0.2, 0.25) is 6.04 Å². The van der Waals surface area contributed by atoms with Crippen LogP contribution in [0.3, 0.4) is 0 Å². The van der Waals surface area contributed by atoms with Gasteiger partial charge in [-0.1, -0.05) is 20.3 Å². The number of hydrogen-bond acceptors (Lipinski definition) is 3. The summed E-state index contributed by atoms with van der Waals surface area (Å²) < 4.78 is 10.4. The summed E-state index contributed by atoms with van der Waals surface area (Å²) in [7, 11) is -1.31. The summed E-state index contributed by atoms with van der Waals surface area (Å²) in [5.74, 6) is -0.234. The molecule has 0 fully saturated rings. The van der Waals surface area contributed by atoms with Crippen molar-refractivity contribution in [2.24, 2.45) is 0 Å². The molecule has 0 aromatic heterocycles. The first-order chi connectivity index (χ1) is 5.70. The molecule has 0 aliphatic heterocycles. The highest BCUT2D eigenvalue weighted by molar-refractivity contribution is 6.46. The van der Waals surface area contributed by atoms with Crippen LogP contribution in [0.15, 0.2) is 0 Å². The topological polar surface area (TPSA) is 35.5 Å². The van der Waals surface area contributed by atoms with E-state index >= 15 is 0 Å². The third-order valence-corrected chi connectivity index (χ3v) is 2.93. The average molecular weight is 189 g/mol. The molecule has 0 unspecified atom stereocenters. The molecule has 0 aromatic rings. The Balaban J connectivity index is 3.46. The Morgan fingerprint density at radius 3 is 2.50 bits per heavy atom. The first-order valence-corrected chi connectivity index (χ1v) is 5.90. The normalized spacial score (nSPS) is 10.3. The maximum atomic E-state index is 10.6. The maximum Gasteiger partial charge on any atom is 0.459 e. The second kappa shape index (κ2) is 7.30. The smallest absolute Gasteiger partial charge is 0.459 e. The van der Waals surface area contributed by atoms with E-state index in [0.717, 1.165) is 18.9 Å². The van der Waals surface area contributed by atoms with Gasteiger partial charge in [0.05, 0.1) is 0 Å². The molecular weight excluding hydrogens is 172 g/mol.